The summed E-state index contributed by atoms with van der Waals surface area (Å²) in [6.45, 7) is 7.37. The minimum atomic E-state index is 0.212. The number of nitrogens with zero attached hydrogens (tertiary/aromatic N) is 4. The molecule has 2 heterocycles. The van der Waals surface area contributed by atoms with Gasteiger partial charge in [-0.2, -0.15) is 14.6 Å². The van der Waals surface area contributed by atoms with Crippen LogP contribution in [0.4, 0.5) is 5.82 Å². The summed E-state index contributed by atoms with van der Waals surface area (Å²) in [7, 11) is 0. The monoisotopic (exact) mass is 235 g/mol. The summed E-state index contributed by atoms with van der Waals surface area (Å²) < 4.78 is 7.06. The van der Waals surface area contributed by atoms with Gasteiger partial charge in [-0.25, -0.2) is 4.98 Å². The molecule has 0 saturated heterocycles. The first-order valence-electron chi connectivity index (χ1n) is 5.72. The maximum atomic E-state index is 5.37. The Balaban J connectivity index is 2.19. The lowest BCUT2D eigenvalue weighted by atomic mass is 10.3. The molecule has 2 aromatic heterocycles. The van der Waals surface area contributed by atoms with Crippen molar-refractivity contribution in [3.63, 3.8) is 0 Å². The maximum Gasteiger partial charge on any atom is 0.254 e. The van der Waals surface area contributed by atoms with Gasteiger partial charge in [-0.15, -0.1) is 0 Å². The van der Waals surface area contributed by atoms with E-state index in [0.717, 1.165) is 18.1 Å². The fourth-order valence-electron chi connectivity index (χ4n) is 1.62. The van der Waals surface area contributed by atoms with Crippen LogP contribution in [-0.4, -0.2) is 38.8 Å². The molecule has 17 heavy (non-hydrogen) atoms. The molecule has 2 rings (SSSR count). The van der Waals surface area contributed by atoms with E-state index >= 15 is 0 Å². The van der Waals surface area contributed by atoms with E-state index in [4.69, 9.17) is 4.74 Å². The molecule has 0 spiro atoms. The van der Waals surface area contributed by atoms with Crippen LogP contribution < -0.4 is 5.32 Å². The van der Waals surface area contributed by atoms with E-state index in [9.17, 15) is 0 Å². The Morgan fingerprint density at radius 2 is 2.35 bits per heavy atom. The highest BCUT2D eigenvalue weighted by atomic mass is 16.5. The molecule has 0 bridgehead atoms. The molecule has 1 atom stereocenters. The summed E-state index contributed by atoms with van der Waals surface area (Å²) in [5.74, 6) is 1.49. The molecule has 0 aromatic carbocycles. The molecule has 1 unspecified atom stereocenters. The average molecular weight is 235 g/mol. The Morgan fingerprint density at radius 1 is 1.53 bits per heavy atom. The zero-order valence-electron chi connectivity index (χ0n) is 10.3. The van der Waals surface area contributed by atoms with Crippen LogP contribution in [0.2, 0.25) is 0 Å². The number of rotatable bonds is 5. The highest BCUT2D eigenvalue weighted by molar-refractivity contribution is 5.45. The number of hydrogen-bond acceptors (Lipinski definition) is 5. The first-order valence-corrected chi connectivity index (χ1v) is 5.72. The third kappa shape index (κ3) is 2.71. The van der Waals surface area contributed by atoms with Gasteiger partial charge in [0, 0.05) is 24.4 Å². The minimum Gasteiger partial charge on any atom is -0.380 e. The van der Waals surface area contributed by atoms with Crippen LogP contribution in [0.1, 0.15) is 19.5 Å². The smallest absolute Gasteiger partial charge is 0.254 e. The van der Waals surface area contributed by atoms with Crippen molar-refractivity contribution < 1.29 is 4.74 Å². The molecule has 6 heteroatoms. The third-order valence-corrected chi connectivity index (χ3v) is 2.35. The first-order chi connectivity index (χ1) is 8.20. The second kappa shape index (κ2) is 5.09. The molecule has 0 radical (unpaired) electrons. The van der Waals surface area contributed by atoms with Crippen LogP contribution >= 0.6 is 0 Å². The van der Waals surface area contributed by atoms with E-state index in [0.29, 0.717) is 12.4 Å². The lowest BCUT2D eigenvalue weighted by molar-refractivity contribution is 0.141. The van der Waals surface area contributed by atoms with Crippen LogP contribution in [0, 0.1) is 6.92 Å². The zero-order valence-corrected chi connectivity index (χ0v) is 10.3. The molecular formula is C11H17N5O. The number of aryl methyl sites for hydroxylation is 1. The van der Waals surface area contributed by atoms with E-state index in [1.165, 1.54) is 6.33 Å². The van der Waals surface area contributed by atoms with Crippen molar-refractivity contribution >= 4 is 11.6 Å². The van der Waals surface area contributed by atoms with Gasteiger partial charge in [0.05, 0.1) is 6.61 Å². The Hall–Kier alpha value is -1.69. The summed E-state index contributed by atoms with van der Waals surface area (Å²) in [5.41, 5.74) is 0.914. The van der Waals surface area contributed by atoms with Crippen LogP contribution in [0.5, 0.6) is 0 Å². The highest BCUT2D eigenvalue weighted by Gasteiger charge is 2.08. The number of aromatic nitrogens is 4. The van der Waals surface area contributed by atoms with Crippen LogP contribution in [0.15, 0.2) is 12.4 Å². The molecule has 6 nitrogen and oxygen atoms in total. The number of hydrogen-bond donors (Lipinski definition) is 1. The SMILES string of the molecule is CCOCC(C)Nc1cc(C)nc2ncnn12. The molecule has 0 aliphatic carbocycles. The van der Waals surface area contributed by atoms with Crippen LogP contribution in [-0.2, 0) is 4.74 Å². The Bertz CT molecular complexity index is 496. The van der Waals surface area contributed by atoms with E-state index in [1.54, 1.807) is 4.52 Å². The van der Waals surface area contributed by atoms with E-state index in [2.05, 4.69) is 27.3 Å². The topological polar surface area (TPSA) is 64.3 Å². The van der Waals surface area contributed by atoms with Crippen molar-refractivity contribution in [2.45, 2.75) is 26.8 Å². The lowest BCUT2D eigenvalue weighted by Gasteiger charge is -2.15. The van der Waals surface area contributed by atoms with Gasteiger partial charge < -0.3 is 10.1 Å². The fraction of sp³-hybridized carbons (Fsp3) is 0.545. The molecule has 0 aliphatic heterocycles. The maximum absolute atomic E-state index is 5.37. The predicted octanol–water partition coefficient (Wildman–Crippen LogP) is 1.27. The van der Waals surface area contributed by atoms with Crippen molar-refractivity contribution in [1.29, 1.82) is 0 Å². The molecule has 0 amide bonds. The molecule has 0 saturated carbocycles. The minimum absolute atomic E-state index is 0.212. The van der Waals surface area contributed by atoms with Gasteiger partial charge in [0.15, 0.2) is 0 Å². The largest absolute Gasteiger partial charge is 0.380 e. The van der Waals surface area contributed by atoms with E-state index in [-0.39, 0.29) is 6.04 Å². The van der Waals surface area contributed by atoms with Gasteiger partial charge in [0.1, 0.15) is 12.1 Å². The molecule has 0 aliphatic rings. The van der Waals surface area contributed by atoms with E-state index in [1.807, 2.05) is 19.9 Å². The van der Waals surface area contributed by atoms with Crippen molar-refractivity contribution in [2.24, 2.45) is 0 Å². The van der Waals surface area contributed by atoms with Crippen molar-refractivity contribution in [1.82, 2.24) is 19.6 Å². The van der Waals surface area contributed by atoms with E-state index < -0.39 is 0 Å². The summed E-state index contributed by atoms with van der Waals surface area (Å²) in [6, 6.07) is 2.16. The molecule has 92 valence electrons. The molecule has 0 fully saturated rings. The van der Waals surface area contributed by atoms with Crippen LogP contribution in [0.3, 0.4) is 0 Å². The normalized spacial score (nSPS) is 12.9. The summed E-state index contributed by atoms with van der Waals surface area (Å²) in [6.07, 6.45) is 1.50. The highest BCUT2D eigenvalue weighted by Crippen LogP contribution is 2.11. The summed E-state index contributed by atoms with van der Waals surface area (Å²) in [4.78, 5) is 8.36. The number of nitrogens with one attached hydrogen (secondary N) is 1. The third-order valence-electron chi connectivity index (χ3n) is 2.35. The quantitative estimate of drug-likeness (QED) is 0.845. The van der Waals surface area contributed by atoms with Gasteiger partial charge in [-0.1, -0.05) is 0 Å². The Morgan fingerprint density at radius 3 is 3.12 bits per heavy atom. The van der Waals surface area contributed by atoms with Crippen LogP contribution in [0.25, 0.3) is 5.78 Å². The zero-order chi connectivity index (χ0) is 12.3. The second-order valence-corrected chi connectivity index (χ2v) is 3.96. The number of anilines is 1. The van der Waals surface area contributed by atoms with Crippen molar-refractivity contribution in [3.8, 4) is 0 Å². The standard InChI is InChI=1S/C11H17N5O/c1-4-17-6-9(3)14-10-5-8(2)15-11-12-7-13-16(10)11/h5,7,9,14H,4,6H2,1-3H3. The van der Waals surface area contributed by atoms with Gasteiger partial charge >= 0.3 is 0 Å². The number of ether oxygens (including phenoxy) is 1. The average Bonchev–Trinajstić information content (AvgIpc) is 2.74. The van der Waals surface area contributed by atoms with Gasteiger partial charge in [0.25, 0.3) is 5.78 Å². The van der Waals surface area contributed by atoms with Gasteiger partial charge in [-0.05, 0) is 20.8 Å². The molecular weight excluding hydrogens is 218 g/mol. The first kappa shape index (κ1) is 11.8. The predicted molar refractivity (Wildman–Crippen MR) is 65.1 cm³/mol. The summed E-state index contributed by atoms with van der Waals surface area (Å²) >= 11 is 0. The van der Waals surface area contributed by atoms with Crippen molar-refractivity contribution in [2.75, 3.05) is 18.5 Å². The second-order valence-electron chi connectivity index (χ2n) is 3.96. The summed E-state index contributed by atoms with van der Waals surface area (Å²) in [5, 5.41) is 7.47. The Labute approximate surface area is 100 Å². The molecule has 1 N–H and O–H groups in total. The lowest BCUT2D eigenvalue weighted by Crippen LogP contribution is -2.23. The fourth-order valence-corrected chi connectivity index (χ4v) is 1.62. The van der Waals surface area contributed by atoms with Gasteiger partial charge in [0.2, 0.25) is 0 Å². The molecule has 2 aromatic rings. The Kier molecular flexibility index (Phi) is 3.53. The number of fused-ring (bicyclic) bond motifs is 1. The van der Waals surface area contributed by atoms with Crippen molar-refractivity contribution in [3.05, 3.63) is 18.1 Å². The van der Waals surface area contributed by atoms with Gasteiger partial charge in [-0.3, -0.25) is 0 Å².